The lowest BCUT2D eigenvalue weighted by Crippen LogP contribution is -2.43. The molecular weight excluding hydrogens is 417 g/mol. The van der Waals surface area contributed by atoms with Crippen molar-refractivity contribution in [2.45, 2.75) is 13.3 Å². The van der Waals surface area contributed by atoms with E-state index in [1.807, 2.05) is 6.07 Å². The third-order valence-corrected chi connectivity index (χ3v) is 5.41. The lowest BCUT2D eigenvalue weighted by molar-refractivity contribution is -0.114. The SMILES string of the molecule is CC(=O)Nc1ccc(-c2cccc(-c3ccnc(N4CCNCC4)c3)c2C(F)F)cc1F. The van der Waals surface area contributed by atoms with Gasteiger partial charge in [-0.15, -0.1) is 0 Å². The Morgan fingerprint density at radius 3 is 2.38 bits per heavy atom. The number of nitrogens with zero attached hydrogens (tertiary/aromatic N) is 2. The summed E-state index contributed by atoms with van der Waals surface area (Å²) in [5.41, 5.74) is 1.39. The van der Waals surface area contributed by atoms with E-state index in [1.54, 1.807) is 30.5 Å². The summed E-state index contributed by atoms with van der Waals surface area (Å²) in [6.07, 6.45) is -1.15. The van der Waals surface area contributed by atoms with Crippen LogP contribution >= 0.6 is 0 Å². The van der Waals surface area contributed by atoms with Gasteiger partial charge in [-0.2, -0.15) is 0 Å². The first kappa shape index (κ1) is 21.8. The largest absolute Gasteiger partial charge is 0.354 e. The Hall–Kier alpha value is -3.39. The van der Waals surface area contributed by atoms with E-state index in [0.717, 1.165) is 38.1 Å². The zero-order chi connectivity index (χ0) is 22.7. The lowest BCUT2D eigenvalue weighted by atomic mass is 9.92. The van der Waals surface area contributed by atoms with Crippen molar-refractivity contribution in [2.24, 2.45) is 0 Å². The van der Waals surface area contributed by atoms with Crippen molar-refractivity contribution >= 4 is 17.4 Å². The minimum Gasteiger partial charge on any atom is -0.354 e. The number of alkyl halides is 2. The molecule has 0 spiro atoms. The molecular formula is C24H23F3N4O. The van der Waals surface area contributed by atoms with Crippen molar-refractivity contribution in [3.8, 4) is 22.3 Å². The molecule has 4 rings (SSSR count). The normalized spacial score (nSPS) is 14.0. The fourth-order valence-electron chi connectivity index (χ4n) is 3.93. The highest BCUT2D eigenvalue weighted by molar-refractivity contribution is 5.89. The van der Waals surface area contributed by atoms with Crippen molar-refractivity contribution in [2.75, 3.05) is 36.4 Å². The molecule has 3 aromatic rings. The van der Waals surface area contributed by atoms with Gasteiger partial charge < -0.3 is 15.5 Å². The Morgan fingerprint density at radius 2 is 1.75 bits per heavy atom. The van der Waals surface area contributed by atoms with Crippen molar-refractivity contribution in [3.63, 3.8) is 0 Å². The van der Waals surface area contributed by atoms with Crippen LogP contribution < -0.4 is 15.5 Å². The molecule has 0 radical (unpaired) electrons. The molecule has 1 amide bonds. The molecule has 0 bridgehead atoms. The van der Waals surface area contributed by atoms with Gasteiger partial charge in [-0.3, -0.25) is 4.79 Å². The Bertz CT molecular complexity index is 1130. The summed E-state index contributed by atoms with van der Waals surface area (Å²) < 4.78 is 43.1. The molecule has 2 aromatic carbocycles. The van der Waals surface area contributed by atoms with E-state index in [4.69, 9.17) is 0 Å². The Labute approximate surface area is 184 Å². The third-order valence-electron chi connectivity index (χ3n) is 5.41. The molecule has 166 valence electrons. The molecule has 2 heterocycles. The lowest BCUT2D eigenvalue weighted by Gasteiger charge is -2.28. The van der Waals surface area contributed by atoms with Crippen LogP contribution in [0.4, 0.5) is 24.7 Å². The Morgan fingerprint density at radius 1 is 1.06 bits per heavy atom. The highest BCUT2D eigenvalue weighted by Crippen LogP contribution is 2.40. The maximum absolute atomic E-state index is 14.5. The maximum Gasteiger partial charge on any atom is 0.265 e. The second-order valence-electron chi connectivity index (χ2n) is 7.58. The summed E-state index contributed by atoms with van der Waals surface area (Å²) in [5, 5.41) is 5.66. The van der Waals surface area contributed by atoms with Gasteiger partial charge in [0.15, 0.2) is 0 Å². The van der Waals surface area contributed by atoms with Crippen LogP contribution in [0, 0.1) is 5.82 Å². The molecule has 0 aliphatic carbocycles. The van der Waals surface area contributed by atoms with Gasteiger partial charge in [-0.1, -0.05) is 24.3 Å². The predicted molar refractivity (Wildman–Crippen MR) is 119 cm³/mol. The van der Waals surface area contributed by atoms with Gasteiger partial charge in [0, 0.05) is 44.9 Å². The number of hydrogen-bond acceptors (Lipinski definition) is 4. The van der Waals surface area contributed by atoms with E-state index in [2.05, 4.69) is 20.5 Å². The monoisotopic (exact) mass is 440 g/mol. The molecule has 1 aliphatic rings. The molecule has 1 aromatic heterocycles. The van der Waals surface area contributed by atoms with Crippen LogP contribution in [0.5, 0.6) is 0 Å². The first-order valence-corrected chi connectivity index (χ1v) is 10.3. The molecule has 1 saturated heterocycles. The summed E-state index contributed by atoms with van der Waals surface area (Å²) in [6.45, 7) is 4.53. The van der Waals surface area contributed by atoms with Crippen LogP contribution in [0.1, 0.15) is 18.9 Å². The maximum atomic E-state index is 14.5. The summed E-state index contributed by atoms with van der Waals surface area (Å²) in [4.78, 5) is 17.7. The summed E-state index contributed by atoms with van der Waals surface area (Å²) in [5.74, 6) is -0.363. The van der Waals surface area contributed by atoms with Gasteiger partial charge >= 0.3 is 0 Å². The zero-order valence-corrected chi connectivity index (χ0v) is 17.5. The number of rotatable bonds is 5. The molecule has 0 unspecified atom stereocenters. The van der Waals surface area contributed by atoms with E-state index in [9.17, 15) is 18.0 Å². The number of carbonyl (C=O) groups excluding carboxylic acids is 1. The quantitative estimate of drug-likeness (QED) is 0.595. The third kappa shape index (κ3) is 4.60. The number of aromatic nitrogens is 1. The molecule has 1 fully saturated rings. The average Bonchev–Trinajstić information content (AvgIpc) is 2.80. The number of anilines is 2. The number of pyridine rings is 1. The van der Waals surface area contributed by atoms with Crippen LogP contribution in [0.15, 0.2) is 54.7 Å². The van der Waals surface area contributed by atoms with Crippen molar-refractivity contribution in [3.05, 3.63) is 66.1 Å². The highest BCUT2D eigenvalue weighted by atomic mass is 19.3. The van der Waals surface area contributed by atoms with Gasteiger partial charge in [0.1, 0.15) is 11.6 Å². The molecule has 32 heavy (non-hydrogen) atoms. The number of piperazine rings is 1. The fourth-order valence-corrected chi connectivity index (χ4v) is 3.93. The number of hydrogen-bond donors (Lipinski definition) is 2. The number of nitrogens with one attached hydrogen (secondary N) is 2. The Balaban J connectivity index is 1.77. The van der Waals surface area contributed by atoms with Gasteiger partial charge in [0.25, 0.3) is 6.43 Å². The first-order valence-electron chi connectivity index (χ1n) is 10.3. The van der Waals surface area contributed by atoms with E-state index in [1.165, 1.54) is 19.1 Å². The Kier molecular flexibility index (Phi) is 6.41. The van der Waals surface area contributed by atoms with E-state index in [0.29, 0.717) is 16.7 Å². The van der Waals surface area contributed by atoms with E-state index < -0.39 is 18.1 Å². The molecule has 2 N–H and O–H groups in total. The van der Waals surface area contributed by atoms with Crippen LogP contribution in [-0.2, 0) is 4.79 Å². The smallest absolute Gasteiger partial charge is 0.265 e. The zero-order valence-electron chi connectivity index (χ0n) is 17.5. The first-order chi connectivity index (χ1) is 15.4. The second kappa shape index (κ2) is 9.40. The van der Waals surface area contributed by atoms with Crippen molar-refractivity contribution in [1.29, 1.82) is 0 Å². The minimum atomic E-state index is -2.77. The summed E-state index contributed by atoms with van der Waals surface area (Å²) in [6, 6.07) is 12.5. The minimum absolute atomic E-state index is 0.00537. The summed E-state index contributed by atoms with van der Waals surface area (Å²) in [7, 11) is 0. The molecule has 1 aliphatic heterocycles. The van der Waals surface area contributed by atoms with Crippen LogP contribution in [-0.4, -0.2) is 37.1 Å². The average molecular weight is 440 g/mol. The van der Waals surface area contributed by atoms with Gasteiger partial charge in [-0.05, 0) is 46.5 Å². The van der Waals surface area contributed by atoms with Gasteiger partial charge in [-0.25, -0.2) is 18.2 Å². The van der Waals surface area contributed by atoms with Crippen LogP contribution in [0.25, 0.3) is 22.3 Å². The number of halogens is 3. The topological polar surface area (TPSA) is 57.3 Å². The number of benzene rings is 2. The second-order valence-corrected chi connectivity index (χ2v) is 7.58. The fraction of sp³-hybridized carbons (Fsp3) is 0.250. The standard InChI is InChI=1S/C24H23F3N4O/c1-15(32)30-21-6-5-16(13-20(21)25)18-3-2-4-19(23(18)24(26)27)17-7-8-29-22(14-17)31-11-9-28-10-12-31/h2-8,13-14,24,28H,9-12H2,1H3,(H,30,32). The molecule has 0 saturated carbocycles. The van der Waals surface area contributed by atoms with Crippen LogP contribution in [0.2, 0.25) is 0 Å². The molecule has 5 nitrogen and oxygen atoms in total. The molecule has 8 heteroatoms. The van der Waals surface area contributed by atoms with Crippen molar-refractivity contribution < 1.29 is 18.0 Å². The van der Waals surface area contributed by atoms with E-state index >= 15 is 0 Å². The van der Waals surface area contributed by atoms with Crippen molar-refractivity contribution in [1.82, 2.24) is 10.3 Å². The summed E-state index contributed by atoms with van der Waals surface area (Å²) >= 11 is 0. The van der Waals surface area contributed by atoms with Gasteiger partial charge in [0.2, 0.25) is 5.91 Å². The number of amides is 1. The van der Waals surface area contributed by atoms with E-state index in [-0.39, 0.29) is 16.8 Å². The highest BCUT2D eigenvalue weighted by Gasteiger charge is 2.21. The number of carbonyl (C=O) groups is 1. The van der Waals surface area contributed by atoms with Gasteiger partial charge in [0.05, 0.1) is 5.69 Å². The molecule has 0 atom stereocenters. The predicted octanol–water partition coefficient (Wildman–Crippen LogP) is 4.86. The van der Waals surface area contributed by atoms with Crippen LogP contribution in [0.3, 0.4) is 0 Å².